The molecule has 1 heterocycles. The number of ether oxygens (including phenoxy) is 1. The second-order valence-corrected chi connectivity index (χ2v) is 4.55. The molecular formula is C11H15NO3S. The molecule has 0 aromatic carbocycles. The zero-order valence-electron chi connectivity index (χ0n) is 9.60. The summed E-state index contributed by atoms with van der Waals surface area (Å²) in [5.41, 5.74) is 0. The van der Waals surface area contributed by atoms with Crippen LogP contribution in [0.3, 0.4) is 0 Å². The van der Waals surface area contributed by atoms with Gasteiger partial charge in [0.15, 0.2) is 5.78 Å². The Bertz CT molecular complexity index is 359. The molecule has 88 valence electrons. The summed E-state index contributed by atoms with van der Waals surface area (Å²) in [5, 5.41) is 1.85. The fraction of sp³-hybridized carbons (Fsp3) is 0.455. The third-order valence-corrected chi connectivity index (χ3v) is 3.16. The number of methoxy groups -OCH3 is 1. The van der Waals surface area contributed by atoms with Crippen LogP contribution in [-0.4, -0.2) is 43.9 Å². The topological polar surface area (TPSA) is 46.6 Å². The normalized spacial score (nSPS) is 12.5. The largest absolute Gasteiger partial charge is 0.469 e. The first kappa shape index (κ1) is 12.9. The zero-order chi connectivity index (χ0) is 12.1. The van der Waals surface area contributed by atoms with Crippen LogP contribution in [0, 0.1) is 0 Å². The molecule has 0 aliphatic carbocycles. The molecule has 0 aliphatic heterocycles. The Morgan fingerprint density at radius 1 is 1.50 bits per heavy atom. The summed E-state index contributed by atoms with van der Waals surface area (Å²) in [5.74, 6) is -0.408. The number of carbonyl (C=O) groups excluding carboxylic acids is 2. The lowest BCUT2D eigenvalue weighted by atomic mass is 10.1. The summed E-state index contributed by atoms with van der Waals surface area (Å²) in [4.78, 5) is 25.7. The van der Waals surface area contributed by atoms with Crippen LogP contribution in [0.25, 0.3) is 0 Å². The van der Waals surface area contributed by atoms with Crippen LogP contribution >= 0.6 is 11.3 Å². The van der Waals surface area contributed by atoms with E-state index in [2.05, 4.69) is 4.74 Å². The number of likely N-dealkylation sites (N-methyl/N-ethyl adjacent to an activating group) is 1. The summed E-state index contributed by atoms with van der Waals surface area (Å²) in [7, 11) is 4.88. The Labute approximate surface area is 98.8 Å². The molecule has 0 spiro atoms. The van der Waals surface area contributed by atoms with Crippen molar-refractivity contribution in [1.29, 1.82) is 0 Å². The maximum Gasteiger partial charge on any atom is 0.307 e. The third kappa shape index (κ3) is 3.15. The number of hydrogen-bond acceptors (Lipinski definition) is 5. The first-order chi connectivity index (χ1) is 7.56. The molecule has 1 aromatic rings. The fourth-order valence-electron chi connectivity index (χ4n) is 1.33. The number of carbonyl (C=O) groups is 2. The lowest BCUT2D eigenvalue weighted by Gasteiger charge is -2.21. The van der Waals surface area contributed by atoms with E-state index in [-0.39, 0.29) is 18.2 Å². The molecule has 1 aromatic heterocycles. The van der Waals surface area contributed by atoms with Crippen molar-refractivity contribution in [2.75, 3.05) is 21.2 Å². The molecule has 0 N–H and O–H groups in total. The van der Waals surface area contributed by atoms with Crippen LogP contribution in [0.15, 0.2) is 17.5 Å². The number of nitrogens with zero attached hydrogens (tertiary/aromatic N) is 1. The number of Topliss-reactive ketones (excluding diaryl/α,β-unsaturated/α-hetero) is 1. The molecule has 16 heavy (non-hydrogen) atoms. The van der Waals surface area contributed by atoms with Gasteiger partial charge >= 0.3 is 5.97 Å². The fourth-order valence-corrected chi connectivity index (χ4v) is 2.05. The number of esters is 1. The van der Waals surface area contributed by atoms with E-state index in [4.69, 9.17) is 0 Å². The van der Waals surface area contributed by atoms with Crippen LogP contribution in [0.1, 0.15) is 16.1 Å². The molecule has 0 amide bonds. The Balaban J connectivity index is 2.78. The molecule has 1 rings (SSSR count). The predicted octanol–water partition coefficient (Wildman–Crippen LogP) is 1.42. The number of ketones is 1. The first-order valence-electron chi connectivity index (χ1n) is 4.87. The summed E-state index contributed by atoms with van der Waals surface area (Å²) in [6.45, 7) is 0. The quantitative estimate of drug-likeness (QED) is 0.578. The molecule has 0 fully saturated rings. The van der Waals surface area contributed by atoms with Crippen molar-refractivity contribution in [3.8, 4) is 0 Å². The van der Waals surface area contributed by atoms with E-state index in [9.17, 15) is 9.59 Å². The minimum absolute atomic E-state index is 0.0367. The summed E-state index contributed by atoms with van der Waals surface area (Å²) < 4.78 is 4.58. The maximum atomic E-state index is 12.1. The smallest absolute Gasteiger partial charge is 0.307 e. The van der Waals surface area contributed by atoms with Gasteiger partial charge in [-0.25, -0.2) is 0 Å². The Hall–Kier alpha value is -1.20. The van der Waals surface area contributed by atoms with Crippen molar-refractivity contribution in [1.82, 2.24) is 4.90 Å². The van der Waals surface area contributed by atoms with E-state index in [1.807, 2.05) is 11.4 Å². The van der Waals surface area contributed by atoms with Gasteiger partial charge in [-0.15, -0.1) is 11.3 Å². The van der Waals surface area contributed by atoms with Crippen LogP contribution < -0.4 is 0 Å². The number of rotatable bonds is 5. The van der Waals surface area contributed by atoms with E-state index >= 15 is 0 Å². The monoisotopic (exact) mass is 241 g/mol. The van der Waals surface area contributed by atoms with E-state index < -0.39 is 6.04 Å². The first-order valence-corrected chi connectivity index (χ1v) is 5.75. The molecule has 0 saturated carbocycles. The average molecular weight is 241 g/mol. The predicted molar refractivity (Wildman–Crippen MR) is 62.8 cm³/mol. The van der Waals surface area contributed by atoms with Crippen LogP contribution in [0.4, 0.5) is 0 Å². The summed E-state index contributed by atoms with van der Waals surface area (Å²) >= 11 is 1.38. The van der Waals surface area contributed by atoms with Gasteiger partial charge in [-0.2, -0.15) is 0 Å². The molecular weight excluding hydrogens is 226 g/mol. The average Bonchev–Trinajstić information content (AvgIpc) is 2.77. The highest BCUT2D eigenvalue weighted by Gasteiger charge is 2.25. The highest BCUT2D eigenvalue weighted by Crippen LogP contribution is 2.15. The van der Waals surface area contributed by atoms with E-state index in [0.29, 0.717) is 4.88 Å². The van der Waals surface area contributed by atoms with Gasteiger partial charge in [0.05, 0.1) is 24.4 Å². The number of thiophene rings is 1. The highest BCUT2D eigenvalue weighted by atomic mass is 32.1. The van der Waals surface area contributed by atoms with Crippen molar-refractivity contribution in [2.45, 2.75) is 12.5 Å². The van der Waals surface area contributed by atoms with Gasteiger partial charge < -0.3 is 4.74 Å². The molecule has 1 atom stereocenters. The SMILES string of the molecule is COC(=O)CC(C(=O)c1cccs1)N(C)C. The van der Waals surface area contributed by atoms with Gasteiger partial charge in [-0.05, 0) is 25.5 Å². The van der Waals surface area contributed by atoms with Gasteiger partial charge in [0.2, 0.25) is 0 Å². The Morgan fingerprint density at radius 3 is 2.62 bits per heavy atom. The minimum Gasteiger partial charge on any atom is -0.469 e. The van der Waals surface area contributed by atoms with Gasteiger partial charge in [0.25, 0.3) is 0 Å². The Morgan fingerprint density at radius 2 is 2.19 bits per heavy atom. The molecule has 0 bridgehead atoms. The van der Waals surface area contributed by atoms with Gasteiger partial charge in [-0.3, -0.25) is 14.5 Å². The van der Waals surface area contributed by atoms with E-state index in [1.165, 1.54) is 18.4 Å². The van der Waals surface area contributed by atoms with Crippen molar-refractivity contribution in [3.63, 3.8) is 0 Å². The molecule has 4 nitrogen and oxygen atoms in total. The second-order valence-electron chi connectivity index (χ2n) is 3.60. The van der Waals surface area contributed by atoms with Gasteiger partial charge in [0, 0.05) is 0 Å². The second kappa shape index (κ2) is 5.77. The van der Waals surface area contributed by atoms with Crippen LogP contribution in [0.2, 0.25) is 0 Å². The van der Waals surface area contributed by atoms with Crippen molar-refractivity contribution in [2.24, 2.45) is 0 Å². The summed E-state index contributed by atoms with van der Waals surface area (Å²) in [6, 6.07) is 3.13. The Kier molecular flexibility index (Phi) is 4.64. The molecule has 5 heteroatoms. The maximum absolute atomic E-state index is 12.1. The standard InChI is InChI=1S/C11H15NO3S/c1-12(2)8(7-10(13)15-3)11(14)9-5-4-6-16-9/h4-6,8H,7H2,1-3H3. The molecule has 0 aliphatic rings. The zero-order valence-corrected chi connectivity index (χ0v) is 10.4. The third-order valence-electron chi connectivity index (χ3n) is 2.28. The lowest BCUT2D eigenvalue weighted by Crippen LogP contribution is -2.37. The van der Waals surface area contributed by atoms with Gasteiger partial charge in [-0.1, -0.05) is 6.07 Å². The van der Waals surface area contributed by atoms with Gasteiger partial charge in [0.1, 0.15) is 0 Å². The molecule has 1 unspecified atom stereocenters. The van der Waals surface area contributed by atoms with Crippen molar-refractivity contribution >= 4 is 23.1 Å². The summed E-state index contributed by atoms with van der Waals surface area (Å²) in [6.07, 6.45) is 0.0836. The molecule has 0 radical (unpaired) electrons. The highest BCUT2D eigenvalue weighted by molar-refractivity contribution is 7.12. The van der Waals surface area contributed by atoms with Crippen LogP contribution in [0.5, 0.6) is 0 Å². The van der Waals surface area contributed by atoms with Crippen LogP contribution in [-0.2, 0) is 9.53 Å². The van der Waals surface area contributed by atoms with E-state index in [0.717, 1.165) is 0 Å². The molecule has 0 saturated heterocycles. The lowest BCUT2D eigenvalue weighted by molar-refractivity contribution is -0.141. The number of hydrogen-bond donors (Lipinski definition) is 0. The van der Waals surface area contributed by atoms with Crippen molar-refractivity contribution < 1.29 is 14.3 Å². The minimum atomic E-state index is -0.453. The van der Waals surface area contributed by atoms with E-state index in [1.54, 1.807) is 25.1 Å². The van der Waals surface area contributed by atoms with Crippen molar-refractivity contribution in [3.05, 3.63) is 22.4 Å².